The largest absolute Gasteiger partial charge is 0.507 e. The number of H-pyrrole nitrogens is 1. The van der Waals surface area contributed by atoms with Crippen molar-refractivity contribution in [2.24, 2.45) is 5.41 Å². The molecule has 5 aromatic rings. The first-order chi connectivity index (χ1) is 31.8. The van der Waals surface area contributed by atoms with E-state index in [0.29, 0.717) is 42.8 Å². The molecule has 2 aliphatic rings. The summed E-state index contributed by atoms with van der Waals surface area (Å²) in [6.45, 7) is 9.09. The molecule has 4 amide bonds. The van der Waals surface area contributed by atoms with Crippen molar-refractivity contribution in [3.63, 3.8) is 0 Å². The molecule has 2 atom stereocenters. The van der Waals surface area contributed by atoms with Crippen molar-refractivity contribution in [2.75, 3.05) is 19.6 Å². The molecule has 7 rings (SSSR count). The van der Waals surface area contributed by atoms with Crippen LogP contribution in [0.3, 0.4) is 0 Å². The number of Topliss-reactive ketones (excluding diaryl/α,β-unsaturated/α-hetero) is 1. The lowest BCUT2D eigenvalue weighted by atomic mass is 9.85. The Labute approximate surface area is 391 Å². The highest BCUT2D eigenvalue weighted by Gasteiger charge is 2.44. The predicted molar refractivity (Wildman–Crippen MR) is 256 cm³/mol. The maximum Gasteiger partial charge on any atom is 0.246 e. The fourth-order valence-corrected chi connectivity index (χ4v) is 9.79. The molecule has 0 unspecified atom stereocenters. The summed E-state index contributed by atoms with van der Waals surface area (Å²) in [5, 5.41) is 25.7. The lowest BCUT2D eigenvalue weighted by Gasteiger charge is -2.39. The number of nitrogens with one attached hydrogen (secondary N) is 3. The lowest BCUT2D eigenvalue weighted by Crippen LogP contribution is -2.57. The van der Waals surface area contributed by atoms with E-state index in [1.807, 2.05) is 86.8 Å². The van der Waals surface area contributed by atoms with Crippen molar-refractivity contribution in [2.45, 2.75) is 136 Å². The number of fused-ring (bicyclic) bond motifs is 1. The summed E-state index contributed by atoms with van der Waals surface area (Å²) in [5.74, 6) is -0.574. The fourth-order valence-electron chi connectivity index (χ4n) is 8.98. The van der Waals surface area contributed by atoms with Gasteiger partial charge in [-0.25, -0.2) is 4.98 Å². The second kappa shape index (κ2) is 22.0. The molecular formula is C51H64N8O6S. The topological polar surface area (TPSA) is 191 Å². The molecule has 5 heterocycles. The van der Waals surface area contributed by atoms with Crippen LogP contribution in [0.1, 0.15) is 127 Å². The number of aromatic amines is 1. The van der Waals surface area contributed by atoms with E-state index in [9.17, 15) is 29.1 Å². The van der Waals surface area contributed by atoms with Gasteiger partial charge in [0.15, 0.2) is 11.4 Å². The van der Waals surface area contributed by atoms with Crippen molar-refractivity contribution in [1.82, 2.24) is 40.6 Å². The van der Waals surface area contributed by atoms with Crippen molar-refractivity contribution in [1.29, 1.82) is 0 Å². The van der Waals surface area contributed by atoms with Gasteiger partial charge in [-0.2, -0.15) is 0 Å². The van der Waals surface area contributed by atoms with Gasteiger partial charge < -0.3 is 30.5 Å². The fraction of sp³-hybridized carbons (Fsp3) is 0.490. The Hall–Kier alpha value is -5.96. The van der Waals surface area contributed by atoms with Crippen LogP contribution in [0.15, 0.2) is 66.3 Å². The van der Waals surface area contributed by atoms with E-state index in [-0.39, 0.29) is 54.7 Å². The SMILES string of the molecule is Cc1ncsc1-c1ccc(CNC(=O)[C@@H]2CC(=O)CN2C(=O)[C@@H](NC(=O)CCCCCCCCCCCCC(=O)N2CC(c3c[nH]c4nnc(-c5ccccc5O)cc34)C2)C(C)(C)C)cc1. The number of carbonyl (C=O) groups is 5. The minimum Gasteiger partial charge on any atom is -0.507 e. The molecule has 4 N–H and O–H groups in total. The van der Waals surface area contributed by atoms with Gasteiger partial charge >= 0.3 is 0 Å². The monoisotopic (exact) mass is 916 g/mol. The Kier molecular flexibility index (Phi) is 16.0. The van der Waals surface area contributed by atoms with Gasteiger partial charge in [-0.3, -0.25) is 24.0 Å². The smallest absolute Gasteiger partial charge is 0.246 e. The first kappa shape index (κ1) is 48.0. The van der Waals surface area contributed by atoms with Crippen molar-refractivity contribution in [3.8, 4) is 27.4 Å². The van der Waals surface area contributed by atoms with Crippen LogP contribution in [0.2, 0.25) is 0 Å². The van der Waals surface area contributed by atoms with Gasteiger partial charge in [-0.1, -0.05) is 109 Å². The molecule has 15 heteroatoms. The Morgan fingerprint density at radius 1 is 0.894 bits per heavy atom. The van der Waals surface area contributed by atoms with E-state index >= 15 is 0 Å². The van der Waals surface area contributed by atoms with Gasteiger partial charge in [0, 0.05) is 62.0 Å². The molecule has 350 valence electrons. The van der Waals surface area contributed by atoms with E-state index in [0.717, 1.165) is 96.9 Å². The van der Waals surface area contributed by atoms with Gasteiger partial charge in [-0.15, -0.1) is 21.5 Å². The van der Waals surface area contributed by atoms with Gasteiger partial charge in [0.05, 0.1) is 28.3 Å². The summed E-state index contributed by atoms with van der Waals surface area (Å²) in [4.78, 5) is 77.9. The number of amides is 4. The molecule has 3 aromatic heterocycles. The van der Waals surface area contributed by atoms with E-state index in [1.165, 1.54) is 4.90 Å². The first-order valence-corrected chi connectivity index (χ1v) is 24.4. The van der Waals surface area contributed by atoms with Crippen LogP contribution < -0.4 is 10.6 Å². The van der Waals surface area contributed by atoms with Gasteiger partial charge in [0.25, 0.3) is 0 Å². The number of benzene rings is 2. The van der Waals surface area contributed by atoms with Crippen LogP contribution in [0.4, 0.5) is 0 Å². The highest BCUT2D eigenvalue weighted by atomic mass is 32.1. The molecule has 0 bridgehead atoms. The van der Waals surface area contributed by atoms with Crippen LogP contribution in [0.25, 0.3) is 32.7 Å². The number of phenols is 1. The number of rotatable bonds is 21. The minimum atomic E-state index is -0.928. The third-order valence-electron chi connectivity index (χ3n) is 12.9. The number of aromatic nitrogens is 4. The number of aromatic hydroxyl groups is 1. The average molecular weight is 917 g/mol. The highest BCUT2D eigenvalue weighted by molar-refractivity contribution is 7.13. The zero-order valence-corrected chi connectivity index (χ0v) is 39.6. The normalized spacial score (nSPS) is 15.8. The summed E-state index contributed by atoms with van der Waals surface area (Å²) < 4.78 is 0. The molecule has 2 fully saturated rings. The maximum atomic E-state index is 13.9. The highest BCUT2D eigenvalue weighted by Crippen LogP contribution is 2.35. The molecule has 2 aliphatic heterocycles. The predicted octanol–water partition coefficient (Wildman–Crippen LogP) is 8.39. The Morgan fingerprint density at radius 3 is 2.21 bits per heavy atom. The van der Waals surface area contributed by atoms with Crippen LogP contribution in [-0.4, -0.2) is 96.2 Å². The van der Waals surface area contributed by atoms with Gasteiger partial charge in [0.1, 0.15) is 17.8 Å². The van der Waals surface area contributed by atoms with E-state index < -0.39 is 23.4 Å². The molecule has 66 heavy (non-hydrogen) atoms. The summed E-state index contributed by atoms with van der Waals surface area (Å²) >= 11 is 1.58. The van der Waals surface area contributed by atoms with Crippen LogP contribution in [0, 0.1) is 12.3 Å². The second-order valence-corrected chi connectivity index (χ2v) is 19.9. The second-order valence-electron chi connectivity index (χ2n) is 19.1. The summed E-state index contributed by atoms with van der Waals surface area (Å²) in [7, 11) is 0. The molecule has 0 aliphatic carbocycles. The molecule has 0 radical (unpaired) electrons. The summed E-state index contributed by atoms with van der Waals surface area (Å²) in [6.07, 6.45) is 13.0. The number of phenolic OH excluding ortho intramolecular Hbond substituents is 1. The summed E-state index contributed by atoms with van der Waals surface area (Å²) in [6, 6.07) is 15.1. The van der Waals surface area contributed by atoms with Crippen LogP contribution >= 0.6 is 11.3 Å². The van der Waals surface area contributed by atoms with E-state index in [4.69, 9.17) is 0 Å². The van der Waals surface area contributed by atoms with Gasteiger partial charge in [-0.05, 0) is 60.1 Å². The Bertz CT molecular complexity index is 2490. The number of para-hydroxylation sites is 1. The number of unbranched alkanes of at least 4 members (excludes halogenated alkanes) is 9. The number of ketones is 1. The Morgan fingerprint density at radius 2 is 1.56 bits per heavy atom. The zero-order valence-electron chi connectivity index (χ0n) is 38.7. The number of carbonyl (C=O) groups excluding carboxylic acids is 5. The molecule has 0 saturated carbocycles. The number of hydrogen-bond donors (Lipinski definition) is 4. The standard InChI is InChI=1S/C51H64N8O6S/c1-33-46(66-32-54-33)35-23-21-34(22-24-35)27-53-49(64)42-25-37(60)31-59(42)50(65)47(51(2,3)4)55-44(62)19-13-11-9-7-5-6-8-10-12-14-20-45(63)58-29-36(30-58)40-28-52-48-39(40)26-41(56-57-48)38-17-15-16-18-43(38)61/h15-18,21-24,26,28,32,36,42,47,61H,5-14,19-20,25,27,29-31H2,1-4H3,(H,52,57)(H,53,64)(H,55,62)/t42-,47+/m0/s1. The molecule has 14 nitrogen and oxygen atoms in total. The third-order valence-corrected chi connectivity index (χ3v) is 13.9. The third kappa shape index (κ3) is 12.1. The summed E-state index contributed by atoms with van der Waals surface area (Å²) in [5.41, 5.74) is 7.18. The van der Waals surface area contributed by atoms with E-state index in [1.54, 1.807) is 23.5 Å². The molecular weight excluding hydrogens is 853 g/mol. The number of aryl methyl sites for hydroxylation is 1. The van der Waals surface area contributed by atoms with Crippen molar-refractivity contribution >= 4 is 51.8 Å². The van der Waals surface area contributed by atoms with E-state index in [2.05, 4.69) is 30.8 Å². The first-order valence-electron chi connectivity index (χ1n) is 23.6. The van der Waals surface area contributed by atoms with Crippen molar-refractivity contribution < 1.29 is 29.1 Å². The van der Waals surface area contributed by atoms with Crippen molar-refractivity contribution in [3.05, 3.63) is 83.1 Å². The average Bonchev–Trinajstić information content (AvgIpc) is 4.02. The van der Waals surface area contributed by atoms with Crippen LogP contribution in [0.5, 0.6) is 5.75 Å². The molecule has 0 spiro atoms. The number of hydrogen-bond acceptors (Lipinski definition) is 10. The quantitative estimate of drug-likeness (QED) is 0.0524. The van der Waals surface area contributed by atoms with Crippen LogP contribution in [-0.2, 0) is 30.5 Å². The molecule has 2 saturated heterocycles. The number of thiazole rings is 1. The lowest BCUT2D eigenvalue weighted by molar-refractivity contribution is -0.144. The Balaban J connectivity index is 0.734. The number of nitrogens with zero attached hydrogens (tertiary/aromatic N) is 5. The zero-order chi connectivity index (χ0) is 46.8. The number of likely N-dealkylation sites (tertiary alicyclic amines) is 2. The maximum absolute atomic E-state index is 13.9. The molecule has 2 aromatic carbocycles. The van der Waals surface area contributed by atoms with Gasteiger partial charge in [0.2, 0.25) is 23.6 Å². The minimum absolute atomic E-state index is 0.0512.